The Morgan fingerprint density at radius 2 is 1.82 bits per heavy atom. The van der Waals surface area contributed by atoms with Crippen molar-refractivity contribution in [3.63, 3.8) is 0 Å². The normalized spacial score (nSPS) is 11.8. The molecular weight excluding hydrogens is 379 g/mol. The van der Waals surface area contributed by atoms with Crippen molar-refractivity contribution in [3.05, 3.63) is 53.6 Å². The second kappa shape index (κ2) is 8.42. The minimum atomic E-state index is -4.53. The van der Waals surface area contributed by atoms with Crippen LogP contribution in [-0.2, 0) is 11.0 Å². The van der Waals surface area contributed by atoms with Gasteiger partial charge in [0, 0.05) is 17.5 Å². The molecule has 2 aromatic rings. The monoisotopic (exact) mass is 395 g/mol. The number of aromatic hydroxyl groups is 2. The molecule has 0 aliphatic carbocycles. The molecule has 0 bridgehead atoms. The first kappa shape index (κ1) is 20.7. The number of nitrogens with one attached hydrogen (secondary N) is 2. The minimum Gasteiger partial charge on any atom is -0.508 e. The highest BCUT2D eigenvalue weighted by Gasteiger charge is 2.30. The molecule has 28 heavy (non-hydrogen) atoms. The summed E-state index contributed by atoms with van der Waals surface area (Å²) < 4.78 is 38.0. The van der Waals surface area contributed by atoms with Gasteiger partial charge in [-0.05, 0) is 37.3 Å². The van der Waals surface area contributed by atoms with E-state index < -0.39 is 29.3 Å². The topological polar surface area (TPSA) is 111 Å². The van der Waals surface area contributed by atoms with E-state index in [-0.39, 0.29) is 29.1 Å². The highest BCUT2D eigenvalue weighted by atomic mass is 19.4. The van der Waals surface area contributed by atoms with Crippen LogP contribution in [-0.4, -0.2) is 27.7 Å². The van der Waals surface area contributed by atoms with Gasteiger partial charge in [0.2, 0.25) is 5.91 Å². The molecule has 0 atom stereocenters. The Hall–Kier alpha value is -3.56. The van der Waals surface area contributed by atoms with Gasteiger partial charge in [-0.3, -0.25) is 9.59 Å². The average molecular weight is 395 g/mol. The lowest BCUT2D eigenvalue weighted by molar-refractivity contribution is -0.137. The van der Waals surface area contributed by atoms with E-state index in [4.69, 9.17) is 0 Å². The van der Waals surface area contributed by atoms with Gasteiger partial charge in [0.15, 0.2) is 0 Å². The molecule has 2 amide bonds. The number of anilines is 1. The maximum absolute atomic E-state index is 12.7. The Kier molecular flexibility index (Phi) is 6.24. The van der Waals surface area contributed by atoms with Crippen molar-refractivity contribution >= 4 is 23.2 Å². The molecule has 0 spiro atoms. The molecule has 0 aliphatic rings. The first-order valence-corrected chi connectivity index (χ1v) is 7.89. The van der Waals surface area contributed by atoms with Crippen molar-refractivity contribution in [1.82, 2.24) is 5.43 Å². The maximum atomic E-state index is 12.7. The van der Waals surface area contributed by atoms with Crippen LogP contribution in [0.15, 0.2) is 47.6 Å². The molecule has 0 heterocycles. The summed E-state index contributed by atoms with van der Waals surface area (Å²) in [7, 11) is 0. The van der Waals surface area contributed by atoms with E-state index >= 15 is 0 Å². The average Bonchev–Trinajstić information content (AvgIpc) is 2.59. The summed E-state index contributed by atoms with van der Waals surface area (Å²) in [6.07, 6.45) is -4.81. The van der Waals surface area contributed by atoms with E-state index in [0.29, 0.717) is 0 Å². The zero-order chi connectivity index (χ0) is 20.9. The first-order chi connectivity index (χ1) is 13.1. The van der Waals surface area contributed by atoms with Crippen LogP contribution in [0.5, 0.6) is 11.5 Å². The molecule has 7 nitrogen and oxygen atoms in total. The van der Waals surface area contributed by atoms with Gasteiger partial charge in [0.25, 0.3) is 5.91 Å². The number of phenols is 2. The first-order valence-electron chi connectivity index (χ1n) is 7.89. The second-order valence-corrected chi connectivity index (χ2v) is 5.79. The molecule has 0 aromatic heterocycles. The largest absolute Gasteiger partial charge is 0.508 e. The van der Waals surface area contributed by atoms with E-state index in [2.05, 4.69) is 15.8 Å². The van der Waals surface area contributed by atoms with E-state index in [0.717, 1.165) is 18.2 Å². The van der Waals surface area contributed by atoms with Crippen molar-refractivity contribution < 1.29 is 33.0 Å². The quantitative estimate of drug-likeness (QED) is 0.460. The van der Waals surface area contributed by atoms with Crippen molar-refractivity contribution in [2.24, 2.45) is 5.10 Å². The van der Waals surface area contributed by atoms with Gasteiger partial charge >= 0.3 is 6.18 Å². The Labute approximate surface area is 157 Å². The maximum Gasteiger partial charge on any atom is 0.416 e. The smallest absolute Gasteiger partial charge is 0.416 e. The molecule has 0 radical (unpaired) electrons. The Morgan fingerprint density at radius 3 is 2.46 bits per heavy atom. The molecule has 4 N–H and O–H groups in total. The van der Waals surface area contributed by atoms with Crippen LogP contribution >= 0.6 is 0 Å². The van der Waals surface area contributed by atoms with Gasteiger partial charge in [0.05, 0.1) is 17.5 Å². The third-order valence-corrected chi connectivity index (χ3v) is 3.46. The molecule has 10 heteroatoms. The molecule has 148 valence electrons. The van der Waals surface area contributed by atoms with Crippen molar-refractivity contribution in [3.8, 4) is 11.5 Å². The van der Waals surface area contributed by atoms with Crippen LogP contribution in [0.1, 0.15) is 29.3 Å². The fraction of sp³-hybridized carbons (Fsp3) is 0.167. The highest BCUT2D eigenvalue weighted by molar-refractivity contribution is 6.06. The van der Waals surface area contributed by atoms with Gasteiger partial charge in [0.1, 0.15) is 11.5 Å². The Balaban J connectivity index is 1.95. The summed E-state index contributed by atoms with van der Waals surface area (Å²) in [6, 6.07) is 7.54. The fourth-order valence-electron chi connectivity index (χ4n) is 2.17. The lowest BCUT2D eigenvalue weighted by Crippen LogP contribution is -2.21. The summed E-state index contributed by atoms with van der Waals surface area (Å²) >= 11 is 0. The molecule has 0 fully saturated rings. The number of hydrogen-bond acceptors (Lipinski definition) is 5. The Bertz CT molecular complexity index is 927. The number of benzene rings is 2. The molecule has 2 aromatic carbocycles. The number of nitrogens with zero attached hydrogens (tertiary/aromatic N) is 1. The van der Waals surface area contributed by atoms with Crippen molar-refractivity contribution in [2.75, 3.05) is 5.32 Å². The highest BCUT2D eigenvalue weighted by Crippen LogP contribution is 2.30. The zero-order valence-electron chi connectivity index (χ0n) is 14.5. The van der Waals surface area contributed by atoms with Crippen LogP contribution in [0.3, 0.4) is 0 Å². The molecular formula is C18H16F3N3O4. The van der Waals surface area contributed by atoms with Crippen LogP contribution in [0.2, 0.25) is 0 Å². The third kappa shape index (κ3) is 5.73. The number of carbonyl (C=O) groups excluding carboxylic acids is 2. The predicted octanol–water partition coefficient (Wildman–Crippen LogP) is 3.25. The number of phenolic OH excluding ortho intramolecular Hbond substituents is 2. The summed E-state index contributed by atoms with van der Waals surface area (Å²) in [4.78, 5) is 23.9. The van der Waals surface area contributed by atoms with Crippen LogP contribution in [0.4, 0.5) is 18.9 Å². The molecule has 0 unspecified atom stereocenters. The lowest BCUT2D eigenvalue weighted by atomic mass is 10.2. The second-order valence-electron chi connectivity index (χ2n) is 5.79. The van der Waals surface area contributed by atoms with Gasteiger partial charge in [-0.2, -0.15) is 18.3 Å². The summed E-state index contributed by atoms with van der Waals surface area (Å²) in [5.74, 6) is -2.06. The van der Waals surface area contributed by atoms with E-state index in [1.54, 1.807) is 0 Å². The number of carbonyl (C=O) groups is 2. The standard InChI is InChI=1S/C18H16F3N3O4/c1-10(23-24-17(28)14-6-5-13(25)9-15(14)26)7-16(27)22-12-4-2-3-11(8-12)18(19,20)21/h2-6,8-9,25-26H,7H2,1H3,(H,22,27)(H,24,28). The zero-order valence-corrected chi connectivity index (χ0v) is 14.5. The summed E-state index contributed by atoms with van der Waals surface area (Å²) in [5, 5.41) is 24.8. The van der Waals surface area contributed by atoms with E-state index in [1.807, 2.05) is 0 Å². The van der Waals surface area contributed by atoms with Crippen LogP contribution in [0.25, 0.3) is 0 Å². The molecule has 0 aliphatic heterocycles. The van der Waals surface area contributed by atoms with Gasteiger partial charge in [-0.1, -0.05) is 6.07 Å². The SMILES string of the molecule is CC(CC(=O)Nc1cccc(C(F)(F)F)c1)=NNC(=O)c1ccc(O)cc1O. The number of rotatable bonds is 5. The number of hydrogen-bond donors (Lipinski definition) is 4. The van der Waals surface area contributed by atoms with Crippen LogP contribution < -0.4 is 10.7 Å². The number of hydrazone groups is 1. The van der Waals surface area contributed by atoms with Crippen LogP contribution in [0, 0.1) is 0 Å². The minimum absolute atomic E-state index is 0.0225. The lowest BCUT2D eigenvalue weighted by Gasteiger charge is -2.10. The van der Waals surface area contributed by atoms with Gasteiger partial charge in [-0.15, -0.1) is 0 Å². The predicted molar refractivity (Wildman–Crippen MR) is 95.0 cm³/mol. The molecule has 2 rings (SSSR count). The van der Waals surface area contributed by atoms with E-state index in [9.17, 15) is 33.0 Å². The summed E-state index contributed by atoms with van der Waals surface area (Å²) in [6.45, 7) is 1.43. The summed E-state index contributed by atoms with van der Waals surface area (Å²) in [5.41, 5.74) is 1.26. The van der Waals surface area contributed by atoms with E-state index in [1.165, 1.54) is 31.2 Å². The third-order valence-electron chi connectivity index (χ3n) is 3.46. The fourth-order valence-corrected chi connectivity index (χ4v) is 2.17. The van der Waals surface area contributed by atoms with Gasteiger partial charge < -0.3 is 15.5 Å². The number of halogens is 3. The number of alkyl halides is 3. The molecule has 0 saturated heterocycles. The Morgan fingerprint density at radius 1 is 1.11 bits per heavy atom. The number of amides is 2. The van der Waals surface area contributed by atoms with Gasteiger partial charge in [-0.25, -0.2) is 5.43 Å². The van der Waals surface area contributed by atoms with Crippen molar-refractivity contribution in [1.29, 1.82) is 0 Å². The molecule has 0 saturated carbocycles. The van der Waals surface area contributed by atoms with Crippen molar-refractivity contribution in [2.45, 2.75) is 19.5 Å².